The van der Waals surface area contributed by atoms with Crippen molar-refractivity contribution in [2.24, 2.45) is 7.05 Å². The Labute approximate surface area is 171 Å². The number of fused-ring (bicyclic) bond motifs is 2. The molecule has 0 aliphatic carbocycles. The van der Waals surface area contributed by atoms with Crippen LogP contribution in [-0.4, -0.2) is 35.3 Å². The summed E-state index contributed by atoms with van der Waals surface area (Å²) in [6, 6.07) is 3.21. The van der Waals surface area contributed by atoms with E-state index in [1.807, 2.05) is 27.1 Å². The molecule has 0 atom stereocenters. The Morgan fingerprint density at radius 2 is 2.13 bits per heavy atom. The molecule has 0 saturated heterocycles. The fourth-order valence-electron chi connectivity index (χ4n) is 3.96. The zero-order valence-corrected chi connectivity index (χ0v) is 16.8. The van der Waals surface area contributed by atoms with Gasteiger partial charge in [0, 0.05) is 55.1 Å². The Hall–Kier alpha value is -3.62. The summed E-state index contributed by atoms with van der Waals surface area (Å²) in [5.41, 5.74) is 3.52. The van der Waals surface area contributed by atoms with E-state index in [4.69, 9.17) is 0 Å². The number of anilines is 1. The highest BCUT2D eigenvalue weighted by Gasteiger charge is 2.33. The van der Waals surface area contributed by atoms with E-state index in [9.17, 15) is 9.18 Å². The molecule has 1 amide bonds. The van der Waals surface area contributed by atoms with Gasteiger partial charge in [0.25, 0.3) is 0 Å². The lowest BCUT2D eigenvalue weighted by Gasteiger charge is -2.32. The fraction of sp³-hybridized carbons (Fsp3) is 0.286. The van der Waals surface area contributed by atoms with Crippen molar-refractivity contribution in [3.8, 4) is 11.3 Å². The third-order valence-corrected chi connectivity index (χ3v) is 5.42. The van der Waals surface area contributed by atoms with E-state index >= 15 is 0 Å². The van der Waals surface area contributed by atoms with Crippen LogP contribution in [0.5, 0.6) is 0 Å². The van der Waals surface area contributed by atoms with Gasteiger partial charge in [0.15, 0.2) is 11.5 Å². The van der Waals surface area contributed by atoms with E-state index in [0.29, 0.717) is 34.8 Å². The van der Waals surface area contributed by atoms with Gasteiger partial charge in [-0.25, -0.2) is 13.9 Å². The molecule has 152 valence electrons. The van der Waals surface area contributed by atoms with Crippen LogP contribution in [0.25, 0.3) is 16.9 Å². The molecule has 1 N–H and O–H groups in total. The van der Waals surface area contributed by atoms with E-state index in [0.717, 1.165) is 11.1 Å². The standard InChI is InChI=1S/C21H20FN7O/c1-21(2)9-18(30)25-16-6-12(15(22)8-14(16)21)7-17-26-20-19(13-10-24-28(3)11-13)23-4-5-29(20)27-17/h4-6,8,10-11H,7,9H2,1-3H3,(H,25,30). The van der Waals surface area contributed by atoms with Gasteiger partial charge < -0.3 is 5.32 Å². The molecule has 3 aromatic heterocycles. The summed E-state index contributed by atoms with van der Waals surface area (Å²) in [4.78, 5) is 21.0. The molecule has 4 heterocycles. The molecule has 30 heavy (non-hydrogen) atoms. The molecule has 1 aliphatic rings. The van der Waals surface area contributed by atoms with Crippen LogP contribution >= 0.6 is 0 Å². The van der Waals surface area contributed by atoms with Gasteiger partial charge in [-0.05, 0) is 23.3 Å². The first-order chi connectivity index (χ1) is 14.3. The average molecular weight is 405 g/mol. The third kappa shape index (κ3) is 3.02. The molecule has 1 aliphatic heterocycles. The van der Waals surface area contributed by atoms with Crippen molar-refractivity contribution < 1.29 is 9.18 Å². The van der Waals surface area contributed by atoms with Crippen molar-refractivity contribution in [2.75, 3.05) is 5.32 Å². The molecule has 5 rings (SSSR count). The second-order valence-electron chi connectivity index (χ2n) is 8.25. The maximum absolute atomic E-state index is 14.9. The molecule has 9 heteroatoms. The number of halogens is 1. The van der Waals surface area contributed by atoms with Gasteiger partial charge in [-0.1, -0.05) is 13.8 Å². The molecule has 0 fully saturated rings. The Bertz CT molecular complexity index is 1300. The summed E-state index contributed by atoms with van der Waals surface area (Å²) in [5.74, 6) is 0.0684. The fourth-order valence-corrected chi connectivity index (χ4v) is 3.96. The Morgan fingerprint density at radius 3 is 2.90 bits per heavy atom. The van der Waals surface area contributed by atoms with Crippen LogP contribution in [-0.2, 0) is 23.7 Å². The van der Waals surface area contributed by atoms with Gasteiger partial charge in [0.1, 0.15) is 11.5 Å². The number of aromatic nitrogens is 6. The van der Waals surface area contributed by atoms with Gasteiger partial charge in [0.05, 0.1) is 6.20 Å². The lowest BCUT2D eigenvalue weighted by atomic mass is 9.77. The molecule has 0 unspecified atom stereocenters. The zero-order valence-electron chi connectivity index (χ0n) is 16.8. The largest absolute Gasteiger partial charge is 0.326 e. The minimum Gasteiger partial charge on any atom is -0.326 e. The first-order valence-corrected chi connectivity index (χ1v) is 9.62. The SMILES string of the molecule is Cn1cc(-c2nccn3nc(Cc4cc5c(cc4F)C(C)(C)CC(=O)N5)nc23)cn1. The number of amides is 1. The van der Waals surface area contributed by atoms with E-state index in [1.54, 1.807) is 33.9 Å². The summed E-state index contributed by atoms with van der Waals surface area (Å²) < 4.78 is 18.2. The number of hydrogen-bond donors (Lipinski definition) is 1. The van der Waals surface area contributed by atoms with Crippen LogP contribution < -0.4 is 5.32 Å². The lowest BCUT2D eigenvalue weighted by molar-refractivity contribution is -0.117. The molecular formula is C21H20FN7O. The Morgan fingerprint density at radius 1 is 1.30 bits per heavy atom. The third-order valence-electron chi connectivity index (χ3n) is 5.42. The van der Waals surface area contributed by atoms with E-state index in [2.05, 4.69) is 25.5 Å². The van der Waals surface area contributed by atoms with E-state index in [1.165, 1.54) is 6.07 Å². The van der Waals surface area contributed by atoms with Crippen LogP contribution in [0.1, 0.15) is 37.2 Å². The number of rotatable bonds is 3. The van der Waals surface area contributed by atoms with Crippen LogP contribution in [0.2, 0.25) is 0 Å². The van der Waals surface area contributed by atoms with Gasteiger partial charge >= 0.3 is 0 Å². The number of carbonyl (C=O) groups excluding carboxylic acids is 1. The smallest absolute Gasteiger partial charge is 0.225 e. The van der Waals surface area contributed by atoms with Crippen molar-refractivity contribution in [3.05, 3.63) is 59.7 Å². The van der Waals surface area contributed by atoms with Gasteiger partial charge in [-0.2, -0.15) is 10.2 Å². The maximum Gasteiger partial charge on any atom is 0.225 e. The van der Waals surface area contributed by atoms with Crippen molar-refractivity contribution in [1.82, 2.24) is 29.4 Å². The van der Waals surface area contributed by atoms with Crippen molar-refractivity contribution >= 4 is 17.2 Å². The number of aryl methyl sites for hydroxylation is 1. The zero-order chi connectivity index (χ0) is 21.0. The number of nitrogens with one attached hydrogen (secondary N) is 1. The normalized spacial score (nSPS) is 15.3. The summed E-state index contributed by atoms with van der Waals surface area (Å²) >= 11 is 0. The number of carbonyl (C=O) groups is 1. The second kappa shape index (κ2) is 6.45. The number of hydrogen-bond acceptors (Lipinski definition) is 5. The molecule has 0 saturated carbocycles. The van der Waals surface area contributed by atoms with Gasteiger partial charge in [-0.15, -0.1) is 0 Å². The van der Waals surface area contributed by atoms with Gasteiger partial charge in [0.2, 0.25) is 5.91 Å². The molecule has 0 radical (unpaired) electrons. The minimum absolute atomic E-state index is 0.0666. The van der Waals surface area contributed by atoms with Crippen molar-refractivity contribution in [2.45, 2.75) is 32.1 Å². The topological polar surface area (TPSA) is 90.0 Å². The molecule has 8 nitrogen and oxygen atoms in total. The second-order valence-corrected chi connectivity index (χ2v) is 8.25. The quantitative estimate of drug-likeness (QED) is 0.566. The van der Waals surface area contributed by atoms with Gasteiger partial charge in [-0.3, -0.25) is 14.5 Å². The maximum atomic E-state index is 14.9. The van der Waals surface area contributed by atoms with Crippen molar-refractivity contribution in [1.29, 1.82) is 0 Å². The molecule has 0 spiro atoms. The predicted octanol–water partition coefficient (Wildman–Crippen LogP) is 2.87. The predicted molar refractivity (Wildman–Crippen MR) is 108 cm³/mol. The van der Waals surface area contributed by atoms with E-state index in [-0.39, 0.29) is 18.1 Å². The summed E-state index contributed by atoms with van der Waals surface area (Å²) in [7, 11) is 1.83. The summed E-state index contributed by atoms with van der Waals surface area (Å²) in [6.45, 7) is 3.89. The first-order valence-electron chi connectivity index (χ1n) is 9.62. The molecule has 1 aromatic carbocycles. The summed E-state index contributed by atoms with van der Waals surface area (Å²) in [6.07, 6.45) is 7.44. The van der Waals surface area contributed by atoms with Crippen LogP contribution in [0.3, 0.4) is 0 Å². The van der Waals surface area contributed by atoms with Crippen LogP contribution in [0, 0.1) is 5.82 Å². The van der Waals surface area contributed by atoms with Crippen LogP contribution in [0.15, 0.2) is 36.9 Å². The first kappa shape index (κ1) is 18.4. The minimum atomic E-state index is -0.414. The highest BCUT2D eigenvalue weighted by atomic mass is 19.1. The highest BCUT2D eigenvalue weighted by molar-refractivity contribution is 5.95. The Kier molecular flexibility index (Phi) is 3.96. The molecule has 0 bridgehead atoms. The van der Waals surface area contributed by atoms with E-state index < -0.39 is 5.41 Å². The number of nitrogens with zero attached hydrogens (tertiary/aromatic N) is 6. The lowest BCUT2D eigenvalue weighted by Crippen LogP contribution is -2.32. The highest BCUT2D eigenvalue weighted by Crippen LogP contribution is 2.38. The number of benzene rings is 1. The Balaban J connectivity index is 1.54. The molecule has 4 aromatic rings. The van der Waals surface area contributed by atoms with Crippen LogP contribution in [0.4, 0.5) is 10.1 Å². The summed E-state index contributed by atoms with van der Waals surface area (Å²) in [5, 5.41) is 11.5. The molecular weight excluding hydrogens is 385 g/mol. The van der Waals surface area contributed by atoms with Crippen molar-refractivity contribution in [3.63, 3.8) is 0 Å². The average Bonchev–Trinajstić information content (AvgIpc) is 3.28. The monoisotopic (exact) mass is 405 g/mol.